The van der Waals surface area contributed by atoms with E-state index in [0.717, 1.165) is 12.8 Å². The van der Waals surface area contributed by atoms with Crippen LogP contribution < -0.4 is 10.6 Å². The van der Waals surface area contributed by atoms with Crippen LogP contribution in [0.4, 0.5) is 4.79 Å². The number of carboxylic acid groups (broad SMARTS) is 1. The van der Waals surface area contributed by atoms with E-state index in [4.69, 9.17) is 5.11 Å². The second-order valence-corrected chi connectivity index (χ2v) is 5.19. The topological polar surface area (TPSA) is 78.4 Å². The number of hydrogen-bond donors (Lipinski definition) is 3. The van der Waals surface area contributed by atoms with Gasteiger partial charge in [-0.25, -0.2) is 4.79 Å². The maximum atomic E-state index is 11.7. The van der Waals surface area contributed by atoms with E-state index in [2.05, 4.69) is 16.7 Å². The summed E-state index contributed by atoms with van der Waals surface area (Å²) >= 11 is 0. The van der Waals surface area contributed by atoms with Gasteiger partial charge < -0.3 is 15.7 Å². The first-order valence-electron chi connectivity index (χ1n) is 7.31. The van der Waals surface area contributed by atoms with Crippen molar-refractivity contribution in [3.05, 3.63) is 35.4 Å². The fourth-order valence-corrected chi connectivity index (χ4v) is 2.11. The van der Waals surface area contributed by atoms with Crippen molar-refractivity contribution >= 4 is 12.0 Å². The Morgan fingerprint density at radius 1 is 1.24 bits per heavy atom. The first-order valence-corrected chi connectivity index (χ1v) is 7.31. The second kappa shape index (κ2) is 9.00. The van der Waals surface area contributed by atoms with Crippen LogP contribution in [0.5, 0.6) is 0 Å². The molecule has 1 rings (SSSR count). The third-order valence-electron chi connectivity index (χ3n) is 3.53. The Bertz CT molecular complexity index is 474. The molecular weight excluding hydrogens is 268 g/mol. The second-order valence-electron chi connectivity index (χ2n) is 5.19. The van der Waals surface area contributed by atoms with Gasteiger partial charge in [-0.05, 0) is 30.4 Å². The summed E-state index contributed by atoms with van der Waals surface area (Å²) in [6, 6.07) is 7.83. The lowest BCUT2D eigenvalue weighted by atomic mass is 10.0. The lowest BCUT2D eigenvalue weighted by Gasteiger charge is -2.14. The molecule has 5 nitrogen and oxygen atoms in total. The zero-order chi connectivity index (χ0) is 15.7. The van der Waals surface area contributed by atoms with Crippen LogP contribution in [0.3, 0.4) is 0 Å². The predicted octanol–water partition coefficient (Wildman–Crippen LogP) is 2.34. The molecule has 0 aliphatic heterocycles. The van der Waals surface area contributed by atoms with E-state index in [1.807, 2.05) is 32.0 Å². The van der Waals surface area contributed by atoms with Gasteiger partial charge in [-0.2, -0.15) is 0 Å². The Balaban J connectivity index is 2.25. The van der Waals surface area contributed by atoms with E-state index in [1.54, 1.807) is 0 Å². The highest BCUT2D eigenvalue weighted by molar-refractivity contribution is 5.74. The molecule has 0 aromatic heterocycles. The number of carboxylic acids is 1. The van der Waals surface area contributed by atoms with Crippen LogP contribution in [0.25, 0.3) is 0 Å². The summed E-state index contributed by atoms with van der Waals surface area (Å²) in [6.07, 6.45) is 1.60. The Morgan fingerprint density at radius 3 is 2.57 bits per heavy atom. The molecule has 116 valence electrons. The predicted molar refractivity (Wildman–Crippen MR) is 82.3 cm³/mol. The van der Waals surface area contributed by atoms with Gasteiger partial charge >= 0.3 is 12.0 Å². The van der Waals surface area contributed by atoms with Gasteiger partial charge in [0.25, 0.3) is 0 Å². The number of urea groups is 1. The van der Waals surface area contributed by atoms with Gasteiger partial charge in [0.05, 0.1) is 0 Å². The molecule has 2 amide bonds. The number of rotatable bonds is 8. The SMILES string of the molecule is CCC(CNC(=O)NCCc1ccccc1C)CC(=O)O. The van der Waals surface area contributed by atoms with Gasteiger partial charge in [0.15, 0.2) is 0 Å². The summed E-state index contributed by atoms with van der Waals surface area (Å²) in [4.78, 5) is 22.3. The highest BCUT2D eigenvalue weighted by atomic mass is 16.4. The standard InChI is InChI=1S/C16H24N2O3/c1-3-13(10-15(19)20)11-18-16(21)17-9-8-14-7-5-4-6-12(14)2/h4-7,13H,3,8-11H2,1-2H3,(H,19,20)(H2,17,18,21). The van der Waals surface area contributed by atoms with Crippen molar-refractivity contribution in [2.45, 2.75) is 33.1 Å². The van der Waals surface area contributed by atoms with Gasteiger partial charge in [0.1, 0.15) is 0 Å². The molecule has 1 unspecified atom stereocenters. The van der Waals surface area contributed by atoms with Crippen LogP contribution in [0.2, 0.25) is 0 Å². The molecule has 1 aromatic carbocycles. The van der Waals surface area contributed by atoms with Crippen molar-refractivity contribution < 1.29 is 14.7 Å². The summed E-state index contributed by atoms with van der Waals surface area (Å²) < 4.78 is 0. The van der Waals surface area contributed by atoms with Crippen LogP contribution in [0.1, 0.15) is 30.9 Å². The normalized spacial score (nSPS) is 11.7. The third-order valence-corrected chi connectivity index (χ3v) is 3.53. The Kier molecular flexibility index (Phi) is 7.29. The summed E-state index contributed by atoms with van der Waals surface area (Å²) in [6.45, 7) is 4.92. The van der Waals surface area contributed by atoms with Gasteiger partial charge in [-0.1, -0.05) is 37.6 Å². The number of nitrogens with one attached hydrogen (secondary N) is 2. The number of carbonyl (C=O) groups excluding carboxylic acids is 1. The first-order chi connectivity index (χ1) is 10.0. The number of aryl methyl sites for hydroxylation is 1. The zero-order valence-electron chi connectivity index (χ0n) is 12.7. The number of benzene rings is 1. The molecule has 0 aliphatic carbocycles. The highest BCUT2D eigenvalue weighted by Crippen LogP contribution is 2.07. The lowest BCUT2D eigenvalue weighted by Crippen LogP contribution is -2.39. The van der Waals surface area contributed by atoms with E-state index in [1.165, 1.54) is 11.1 Å². The fraction of sp³-hybridized carbons (Fsp3) is 0.500. The van der Waals surface area contributed by atoms with E-state index in [-0.39, 0.29) is 18.4 Å². The largest absolute Gasteiger partial charge is 0.481 e. The van der Waals surface area contributed by atoms with Gasteiger partial charge in [0.2, 0.25) is 0 Å². The molecule has 0 spiro atoms. The highest BCUT2D eigenvalue weighted by Gasteiger charge is 2.12. The minimum Gasteiger partial charge on any atom is -0.481 e. The molecule has 0 fully saturated rings. The van der Waals surface area contributed by atoms with Crippen molar-refractivity contribution in [3.8, 4) is 0 Å². The maximum absolute atomic E-state index is 11.7. The van der Waals surface area contributed by atoms with E-state index >= 15 is 0 Å². The maximum Gasteiger partial charge on any atom is 0.314 e. The number of hydrogen-bond acceptors (Lipinski definition) is 2. The van der Waals surface area contributed by atoms with Gasteiger partial charge in [-0.15, -0.1) is 0 Å². The monoisotopic (exact) mass is 292 g/mol. The molecule has 0 radical (unpaired) electrons. The van der Waals surface area contributed by atoms with Crippen molar-refractivity contribution in [1.82, 2.24) is 10.6 Å². The molecule has 1 atom stereocenters. The first kappa shape index (κ1) is 17.0. The van der Waals surface area contributed by atoms with E-state index in [9.17, 15) is 9.59 Å². The number of amides is 2. The van der Waals surface area contributed by atoms with Crippen LogP contribution in [0, 0.1) is 12.8 Å². The smallest absolute Gasteiger partial charge is 0.314 e. The Labute approximate surface area is 125 Å². The molecule has 0 saturated heterocycles. The summed E-state index contributed by atoms with van der Waals surface area (Å²) in [5.74, 6) is -0.853. The molecule has 0 aliphatic rings. The van der Waals surface area contributed by atoms with E-state index in [0.29, 0.717) is 13.1 Å². The minimum absolute atomic E-state index is 0.0235. The fourth-order valence-electron chi connectivity index (χ4n) is 2.11. The average Bonchev–Trinajstić information content (AvgIpc) is 2.45. The van der Waals surface area contributed by atoms with Crippen molar-refractivity contribution in [1.29, 1.82) is 0 Å². The van der Waals surface area contributed by atoms with Crippen LogP contribution in [0.15, 0.2) is 24.3 Å². The van der Waals surface area contributed by atoms with Crippen molar-refractivity contribution in [3.63, 3.8) is 0 Å². The minimum atomic E-state index is -0.830. The molecule has 21 heavy (non-hydrogen) atoms. The molecule has 0 heterocycles. The van der Waals surface area contributed by atoms with E-state index < -0.39 is 5.97 Å². The van der Waals surface area contributed by atoms with Gasteiger partial charge in [-0.3, -0.25) is 4.79 Å². The third kappa shape index (κ3) is 6.79. The quantitative estimate of drug-likeness (QED) is 0.688. The van der Waals surface area contributed by atoms with Crippen molar-refractivity contribution in [2.24, 2.45) is 5.92 Å². The van der Waals surface area contributed by atoms with Crippen LogP contribution in [-0.2, 0) is 11.2 Å². The summed E-state index contributed by atoms with van der Waals surface area (Å²) in [5, 5.41) is 14.3. The number of carbonyl (C=O) groups is 2. The molecule has 5 heteroatoms. The molecule has 0 bridgehead atoms. The molecular formula is C16H24N2O3. The van der Waals surface area contributed by atoms with Crippen LogP contribution >= 0.6 is 0 Å². The number of aliphatic carboxylic acids is 1. The van der Waals surface area contributed by atoms with Crippen LogP contribution in [-0.4, -0.2) is 30.2 Å². The Hall–Kier alpha value is -2.04. The zero-order valence-corrected chi connectivity index (χ0v) is 12.7. The van der Waals surface area contributed by atoms with Crippen molar-refractivity contribution in [2.75, 3.05) is 13.1 Å². The summed E-state index contributed by atoms with van der Waals surface area (Å²) in [7, 11) is 0. The Morgan fingerprint density at radius 2 is 1.95 bits per heavy atom. The summed E-state index contributed by atoms with van der Waals surface area (Å²) in [5.41, 5.74) is 2.43. The molecule has 3 N–H and O–H groups in total. The molecule has 0 saturated carbocycles. The average molecular weight is 292 g/mol. The lowest BCUT2D eigenvalue weighted by molar-refractivity contribution is -0.138. The molecule has 1 aromatic rings. The van der Waals surface area contributed by atoms with Gasteiger partial charge in [0, 0.05) is 19.5 Å².